The van der Waals surface area contributed by atoms with E-state index < -0.39 is 0 Å². The van der Waals surface area contributed by atoms with E-state index in [9.17, 15) is 5.11 Å². The van der Waals surface area contributed by atoms with Crippen molar-refractivity contribution in [2.75, 3.05) is 26.7 Å². The molecule has 0 radical (unpaired) electrons. The van der Waals surface area contributed by atoms with Gasteiger partial charge in [-0.15, -0.1) is 0 Å². The molecule has 2 unspecified atom stereocenters. The molecule has 0 heterocycles. The average Bonchev–Trinajstić information content (AvgIpc) is 3.11. The third kappa shape index (κ3) is 3.69. The summed E-state index contributed by atoms with van der Waals surface area (Å²) < 4.78 is 0. The maximum absolute atomic E-state index is 9.21. The van der Waals surface area contributed by atoms with Gasteiger partial charge in [0.15, 0.2) is 0 Å². The molecule has 0 aromatic rings. The number of hydrogen-bond acceptors (Lipinski definition) is 3. The van der Waals surface area contributed by atoms with Crippen LogP contribution in [0, 0.1) is 11.3 Å². The summed E-state index contributed by atoms with van der Waals surface area (Å²) in [7, 11) is 2.10. The number of hydrogen-bond donors (Lipinski definition) is 2. The van der Waals surface area contributed by atoms with Crippen molar-refractivity contribution < 1.29 is 5.11 Å². The molecule has 2 N–H and O–H groups in total. The molecule has 3 nitrogen and oxygen atoms in total. The fourth-order valence-electron chi connectivity index (χ4n) is 3.60. The summed E-state index contributed by atoms with van der Waals surface area (Å²) in [5.74, 6) is 0.742. The molecule has 0 spiro atoms. The fourth-order valence-corrected chi connectivity index (χ4v) is 3.60. The lowest BCUT2D eigenvalue weighted by atomic mass is 9.69. The highest BCUT2D eigenvalue weighted by Gasteiger charge is 2.37. The van der Waals surface area contributed by atoms with Crippen LogP contribution in [0.1, 0.15) is 46.0 Å². The van der Waals surface area contributed by atoms with Crippen molar-refractivity contribution in [1.29, 1.82) is 0 Å². The zero-order valence-corrected chi connectivity index (χ0v) is 12.3. The Morgan fingerprint density at radius 2 is 2.00 bits per heavy atom. The van der Waals surface area contributed by atoms with Crippen LogP contribution in [0.4, 0.5) is 0 Å². The lowest BCUT2D eigenvalue weighted by Crippen LogP contribution is -2.47. The first-order chi connectivity index (χ1) is 8.55. The maximum Gasteiger partial charge on any atom is 0.0558 e. The van der Waals surface area contributed by atoms with Crippen LogP contribution in [-0.2, 0) is 0 Å². The van der Waals surface area contributed by atoms with E-state index in [0.717, 1.165) is 18.5 Å². The highest BCUT2D eigenvalue weighted by molar-refractivity contribution is 4.92. The summed E-state index contributed by atoms with van der Waals surface area (Å²) in [6.07, 6.45) is 6.61. The normalized spacial score (nSPS) is 31.8. The predicted octanol–water partition coefficient (Wildman–Crippen LogP) is 1.86. The van der Waals surface area contributed by atoms with Crippen molar-refractivity contribution >= 4 is 0 Å². The van der Waals surface area contributed by atoms with Crippen LogP contribution < -0.4 is 5.32 Å². The molecule has 0 aromatic carbocycles. The maximum atomic E-state index is 9.21. The Hall–Kier alpha value is -0.120. The molecule has 0 aliphatic heterocycles. The third-order valence-electron chi connectivity index (χ3n) is 4.81. The van der Waals surface area contributed by atoms with Crippen molar-refractivity contribution in [2.24, 2.45) is 11.3 Å². The van der Waals surface area contributed by atoms with Crippen LogP contribution in [-0.4, -0.2) is 48.8 Å². The zero-order chi connectivity index (χ0) is 13.2. The van der Waals surface area contributed by atoms with Gasteiger partial charge < -0.3 is 10.4 Å². The molecule has 2 atom stereocenters. The van der Waals surface area contributed by atoms with Crippen molar-refractivity contribution in [3.05, 3.63) is 0 Å². The predicted molar refractivity (Wildman–Crippen MR) is 75.7 cm³/mol. The molecule has 0 bridgehead atoms. The first-order valence-corrected chi connectivity index (χ1v) is 7.58. The second-order valence-electron chi connectivity index (χ2n) is 7.01. The topological polar surface area (TPSA) is 35.5 Å². The van der Waals surface area contributed by atoms with Crippen LogP contribution in [0.25, 0.3) is 0 Å². The van der Waals surface area contributed by atoms with E-state index >= 15 is 0 Å². The van der Waals surface area contributed by atoms with Gasteiger partial charge in [-0.3, -0.25) is 4.90 Å². The van der Waals surface area contributed by atoms with Crippen LogP contribution in [0.15, 0.2) is 0 Å². The van der Waals surface area contributed by atoms with Crippen LogP contribution in [0.3, 0.4) is 0 Å². The van der Waals surface area contributed by atoms with Gasteiger partial charge in [-0.25, -0.2) is 0 Å². The molecule has 2 saturated carbocycles. The summed E-state index contributed by atoms with van der Waals surface area (Å²) in [4.78, 5) is 2.52. The van der Waals surface area contributed by atoms with Gasteiger partial charge in [-0.2, -0.15) is 0 Å². The number of aliphatic hydroxyl groups is 1. The highest BCUT2D eigenvalue weighted by atomic mass is 16.3. The van der Waals surface area contributed by atoms with Gasteiger partial charge in [0.1, 0.15) is 0 Å². The summed E-state index contributed by atoms with van der Waals surface area (Å²) in [6.45, 7) is 7.13. The molecular weight excluding hydrogens is 224 g/mol. The van der Waals surface area contributed by atoms with Crippen LogP contribution >= 0.6 is 0 Å². The summed E-state index contributed by atoms with van der Waals surface area (Å²) in [6, 6.07) is 1.43. The van der Waals surface area contributed by atoms with Crippen molar-refractivity contribution in [3.63, 3.8) is 0 Å². The Bertz CT molecular complexity index is 263. The summed E-state index contributed by atoms with van der Waals surface area (Å²) in [5, 5.41) is 12.7. The molecule has 106 valence electrons. The standard InChI is InChI=1S/C15H30N2O/c1-15(2)7-6-14(16-3)12(10-15)11-17(8-9-18)13-4-5-13/h12-14,16,18H,4-11H2,1-3H3. The van der Waals surface area contributed by atoms with Gasteiger partial charge in [0.25, 0.3) is 0 Å². The molecule has 3 heteroatoms. The smallest absolute Gasteiger partial charge is 0.0558 e. The Balaban J connectivity index is 1.94. The molecule has 0 aromatic heterocycles. The van der Waals surface area contributed by atoms with E-state index in [1.165, 1.54) is 38.6 Å². The van der Waals surface area contributed by atoms with E-state index in [-0.39, 0.29) is 0 Å². The van der Waals surface area contributed by atoms with E-state index in [2.05, 4.69) is 31.1 Å². The van der Waals surface area contributed by atoms with Gasteiger partial charge >= 0.3 is 0 Å². The minimum Gasteiger partial charge on any atom is -0.395 e. The minimum atomic E-state index is 0.302. The monoisotopic (exact) mass is 254 g/mol. The van der Waals surface area contributed by atoms with Crippen molar-refractivity contribution in [3.8, 4) is 0 Å². The number of nitrogens with one attached hydrogen (secondary N) is 1. The molecular formula is C15H30N2O. The number of nitrogens with zero attached hydrogens (tertiary/aromatic N) is 1. The Morgan fingerprint density at radius 3 is 2.56 bits per heavy atom. The SMILES string of the molecule is CNC1CCC(C)(C)CC1CN(CCO)C1CC1. The molecule has 0 amide bonds. The van der Waals surface area contributed by atoms with E-state index in [1.54, 1.807) is 0 Å². The van der Waals surface area contributed by atoms with Crippen LogP contribution in [0.5, 0.6) is 0 Å². The average molecular weight is 254 g/mol. The zero-order valence-electron chi connectivity index (χ0n) is 12.3. The largest absolute Gasteiger partial charge is 0.395 e. The lowest BCUT2D eigenvalue weighted by Gasteiger charge is -2.42. The van der Waals surface area contributed by atoms with Gasteiger partial charge in [0.05, 0.1) is 6.61 Å². The minimum absolute atomic E-state index is 0.302. The molecule has 0 saturated heterocycles. The van der Waals surface area contributed by atoms with Gasteiger partial charge in [0, 0.05) is 25.2 Å². The molecule has 2 rings (SSSR count). The Morgan fingerprint density at radius 1 is 1.28 bits per heavy atom. The Labute approximate surface area is 112 Å². The molecule has 2 aliphatic rings. The number of rotatable bonds is 6. The fraction of sp³-hybridized carbons (Fsp3) is 1.00. The molecule has 2 fully saturated rings. The first kappa shape index (κ1) is 14.3. The lowest BCUT2D eigenvalue weighted by molar-refractivity contribution is 0.0903. The highest BCUT2D eigenvalue weighted by Crippen LogP contribution is 2.40. The van der Waals surface area contributed by atoms with Gasteiger partial charge in [0.2, 0.25) is 0 Å². The van der Waals surface area contributed by atoms with E-state index in [4.69, 9.17) is 0 Å². The Kier molecular flexibility index (Phi) is 4.68. The summed E-state index contributed by atoms with van der Waals surface area (Å²) >= 11 is 0. The third-order valence-corrected chi connectivity index (χ3v) is 4.81. The first-order valence-electron chi connectivity index (χ1n) is 7.58. The number of aliphatic hydroxyl groups excluding tert-OH is 1. The van der Waals surface area contributed by atoms with E-state index in [0.29, 0.717) is 18.1 Å². The second-order valence-corrected chi connectivity index (χ2v) is 7.01. The van der Waals surface area contributed by atoms with Crippen molar-refractivity contribution in [1.82, 2.24) is 10.2 Å². The second kappa shape index (κ2) is 5.89. The van der Waals surface area contributed by atoms with E-state index in [1.807, 2.05) is 0 Å². The molecule has 2 aliphatic carbocycles. The van der Waals surface area contributed by atoms with Crippen molar-refractivity contribution in [2.45, 2.75) is 58.0 Å². The quantitative estimate of drug-likeness (QED) is 0.759. The molecule has 18 heavy (non-hydrogen) atoms. The summed E-state index contributed by atoms with van der Waals surface area (Å²) in [5.41, 5.74) is 0.493. The van der Waals surface area contributed by atoms with Crippen LogP contribution in [0.2, 0.25) is 0 Å². The van der Waals surface area contributed by atoms with Gasteiger partial charge in [-0.05, 0) is 50.5 Å². The van der Waals surface area contributed by atoms with Gasteiger partial charge in [-0.1, -0.05) is 13.8 Å².